The number of methoxy groups -OCH3 is 1. The predicted molar refractivity (Wildman–Crippen MR) is 136 cm³/mol. The first-order chi connectivity index (χ1) is 14.8. The van der Waals surface area contributed by atoms with Gasteiger partial charge in [-0.05, 0) is 127 Å². The largest absolute Gasteiger partial charge is 0.381 e. The summed E-state index contributed by atoms with van der Waals surface area (Å²) in [5.74, 6) is 3.40. The van der Waals surface area contributed by atoms with E-state index in [1.807, 2.05) is 7.11 Å². The van der Waals surface area contributed by atoms with Crippen LogP contribution in [0.5, 0.6) is 0 Å². The van der Waals surface area contributed by atoms with Gasteiger partial charge in [-0.25, -0.2) is 0 Å². The number of hydrogen-bond acceptors (Lipinski definition) is 1. The normalized spacial score (nSPS) is 59.3. The van der Waals surface area contributed by atoms with Gasteiger partial charge in [0.1, 0.15) is 0 Å². The van der Waals surface area contributed by atoms with E-state index < -0.39 is 0 Å². The summed E-state index contributed by atoms with van der Waals surface area (Å²) in [7, 11) is 1.95. The van der Waals surface area contributed by atoms with E-state index in [1.165, 1.54) is 70.6 Å². The predicted octanol–water partition coefficient (Wildman–Crippen LogP) is 8.90. The summed E-state index contributed by atoms with van der Waals surface area (Å²) < 4.78 is 6.00. The lowest BCUT2D eigenvalue weighted by Crippen LogP contribution is -2.68. The Morgan fingerprint density at radius 1 is 0.594 bits per heavy atom. The van der Waals surface area contributed by atoms with Gasteiger partial charge in [0, 0.05) is 7.11 Å². The average molecular weight is 443 g/mol. The van der Waals surface area contributed by atoms with Crippen LogP contribution >= 0.6 is 0 Å². The Kier molecular flexibility index (Phi) is 5.19. The zero-order valence-corrected chi connectivity index (χ0v) is 23.1. The fourth-order valence-electron chi connectivity index (χ4n) is 11.7. The van der Waals surface area contributed by atoms with Crippen molar-refractivity contribution in [3.8, 4) is 0 Å². The summed E-state index contributed by atoms with van der Waals surface area (Å²) >= 11 is 0. The van der Waals surface area contributed by atoms with Gasteiger partial charge in [0.15, 0.2) is 0 Å². The Hall–Kier alpha value is -0.0400. The molecule has 0 saturated heterocycles. The van der Waals surface area contributed by atoms with Crippen LogP contribution in [-0.4, -0.2) is 13.2 Å². The molecular formula is C31H54O. The number of hydrogen-bond donors (Lipinski definition) is 0. The Morgan fingerprint density at radius 2 is 1.22 bits per heavy atom. The van der Waals surface area contributed by atoms with Crippen molar-refractivity contribution < 1.29 is 4.74 Å². The highest BCUT2D eigenvalue weighted by Crippen LogP contribution is 2.78. The summed E-state index contributed by atoms with van der Waals surface area (Å²) in [5.41, 5.74) is 3.14. The molecule has 10 atom stereocenters. The minimum absolute atomic E-state index is 0.463. The molecule has 5 saturated carbocycles. The van der Waals surface area contributed by atoms with Gasteiger partial charge < -0.3 is 4.74 Å². The van der Waals surface area contributed by atoms with Crippen molar-refractivity contribution in [3.63, 3.8) is 0 Å². The van der Waals surface area contributed by atoms with Gasteiger partial charge in [0.2, 0.25) is 0 Å². The second-order valence-corrected chi connectivity index (χ2v) is 15.7. The van der Waals surface area contributed by atoms with E-state index in [4.69, 9.17) is 4.74 Å². The second kappa shape index (κ2) is 7.01. The fraction of sp³-hybridized carbons (Fsp3) is 1.00. The zero-order chi connectivity index (χ0) is 23.4. The van der Waals surface area contributed by atoms with E-state index in [9.17, 15) is 0 Å². The molecule has 184 valence electrons. The van der Waals surface area contributed by atoms with Gasteiger partial charge in [0.05, 0.1) is 6.10 Å². The van der Waals surface area contributed by atoms with Gasteiger partial charge >= 0.3 is 0 Å². The van der Waals surface area contributed by atoms with E-state index in [1.54, 1.807) is 0 Å². The standard InChI is InChI=1S/C31H54O/c1-21-22(32-9)10-11-23-28(21,5)13-12-24-29(23,6)17-19-31(8)25-20-26(2,3)14-15-27(25,4)16-18-30(24,31)7/h21-25H,10-20H2,1-9H3/t21-,22-,23+,24+,25-,27+,28+,29+,30+,31-/m0/s1. The molecule has 5 aliphatic rings. The quantitative estimate of drug-likeness (QED) is 0.394. The van der Waals surface area contributed by atoms with Crippen molar-refractivity contribution >= 4 is 0 Å². The third kappa shape index (κ3) is 2.85. The highest BCUT2D eigenvalue weighted by Gasteiger charge is 2.70. The van der Waals surface area contributed by atoms with Gasteiger partial charge in [-0.1, -0.05) is 55.4 Å². The van der Waals surface area contributed by atoms with Crippen molar-refractivity contribution in [1.29, 1.82) is 0 Å². The van der Waals surface area contributed by atoms with Crippen molar-refractivity contribution in [3.05, 3.63) is 0 Å². The molecule has 1 heteroatoms. The second-order valence-electron chi connectivity index (χ2n) is 15.7. The van der Waals surface area contributed by atoms with Gasteiger partial charge in [0.25, 0.3) is 0 Å². The Balaban J connectivity index is 1.52. The minimum Gasteiger partial charge on any atom is -0.381 e. The molecule has 0 amide bonds. The average Bonchev–Trinajstić information content (AvgIpc) is 2.72. The monoisotopic (exact) mass is 442 g/mol. The van der Waals surface area contributed by atoms with E-state index in [0.717, 1.165) is 17.8 Å². The Bertz CT molecular complexity index is 756. The first-order valence-corrected chi connectivity index (χ1v) is 14.3. The molecule has 5 fully saturated rings. The summed E-state index contributed by atoms with van der Waals surface area (Å²) in [6, 6.07) is 0. The number of fused-ring (bicyclic) bond motifs is 7. The van der Waals surface area contributed by atoms with Crippen molar-refractivity contribution in [1.82, 2.24) is 0 Å². The van der Waals surface area contributed by atoms with E-state index in [0.29, 0.717) is 44.5 Å². The lowest BCUT2D eigenvalue weighted by atomic mass is 9.30. The molecule has 5 aliphatic carbocycles. The van der Waals surface area contributed by atoms with E-state index in [2.05, 4.69) is 55.4 Å². The molecule has 0 aromatic heterocycles. The van der Waals surface area contributed by atoms with Gasteiger partial charge in [-0.2, -0.15) is 0 Å². The van der Waals surface area contributed by atoms with Crippen molar-refractivity contribution in [2.75, 3.05) is 7.11 Å². The topological polar surface area (TPSA) is 9.23 Å². The summed E-state index contributed by atoms with van der Waals surface area (Å²) in [6.45, 7) is 21.4. The number of ether oxygens (including phenoxy) is 1. The van der Waals surface area contributed by atoms with Crippen LogP contribution in [0.1, 0.15) is 126 Å². The Labute approximate surface area is 200 Å². The van der Waals surface area contributed by atoms with Crippen LogP contribution in [0, 0.1) is 56.2 Å². The SMILES string of the molecule is CO[C@H]1CC[C@@H]2[C@](C)(CC[C@@H]3[C@]2(C)CC[C@@]2(C)[C@H]4CC(C)(C)CC[C@]4(C)CC[C@]32C)[C@H]1C. The molecule has 0 bridgehead atoms. The van der Waals surface area contributed by atoms with Crippen LogP contribution in [0.25, 0.3) is 0 Å². The van der Waals surface area contributed by atoms with E-state index >= 15 is 0 Å². The lowest BCUT2D eigenvalue weighted by Gasteiger charge is -2.75. The molecule has 0 aromatic rings. The molecular weight excluding hydrogens is 388 g/mol. The van der Waals surface area contributed by atoms with Gasteiger partial charge in [-0.15, -0.1) is 0 Å². The molecule has 0 spiro atoms. The van der Waals surface area contributed by atoms with Crippen molar-refractivity contribution in [2.45, 2.75) is 132 Å². The number of rotatable bonds is 1. The Morgan fingerprint density at radius 3 is 1.91 bits per heavy atom. The minimum atomic E-state index is 0.463. The van der Waals surface area contributed by atoms with Crippen LogP contribution in [0.4, 0.5) is 0 Å². The van der Waals surface area contributed by atoms with Crippen LogP contribution < -0.4 is 0 Å². The van der Waals surface area contributed by atoms with Crippen LogP contribution in [0.15, 0.2) is 0 Å². The highest BCUT2D eigenvalue weighted by molar-refractivity contribution is 5.19. The summed E-state index contributed by atoms with van der Waals surface area (Å²) in [5, 5.41) is 0. The molecule has 0 heterocycles. The van der Waals surface area contributed by atoms with Crippen molar-refractivity contribution in [2.24, 2.45) is 56.2 Å². The molecule has 5 rings (SSSR count). The summed E-state index contributed by atoms with van der Waals surface area (Å²) in [6.07, 6.45) is 16.3. The van der Waals surface area contributed by atoms with Crippen LogP contribution in [0.3, 0.4) is 0 Å². The first kappa shape index (κ1) is 23.7. The van der Waals surface area contributed by atoms with E-state index in [-0.39, 0.29) is 0 Å². The maximum Gasteiger partial charge on any atom is 0.0602 e. The molecule has 0 radical (unpaired) electrons. The third-order valence-electron chi connectivity index (χ3n) is 14.2. The maximum absolute atomic E-state index is 6.00. The summed E-state index contributed by atoms with van der Waals surface area (Å²) in [4.78, 5) is 0. The molecule has 0 aliphatic heterocycles. The molecule has 0 aromatic carbocycles. The highest BCUT2D eigenvalue weighted by atomic mass is 16.5. The molecule has 0 unspecified atom stereocenters. The molecule has 1 nitrogen and oxygen atoms in total. The maximum atomic E-state index is 6.00. The molecule has 0 N–H and O–H groups in total. The zero-order valence-electron chi connectivity index (χ0n) is 23.1. The first-order valence-electron chi connectivity index (χ1n) is 14.3. The van der Waals surface area contributed by atoms with Crippen LogP contribution in [0.2, 0.25) is 0 Å². The third-order valence-corrected chi connectivity index (χ3v) is 14.2. The fourth-order valence-corrected chi connectivity index (χ4v) is 11.7. The lowest BCUT2D eigenvalue weighted by molar-refractivity contribution is -0.263. The van der Waals surface area contributed by atoms with Gasteiger partial charge in [-0.3, -0.25) is 0 Å². The smallest absolute Gasteiger partial charge is 0.0602 e. The van der Waals surface area contributed by atoms with Crippen LogP contribution in [-0.2, 0) is 4.74 Å². The molecule has 32 heavy (non-hydrogen) atoms.